The Morgan fingerprint density at radius 1 is 0.622 bits per heavy atom. The number of carbonyl (C=O) groups is 1. The molecule has 0 rings (SSSR count). The number of hydrogen-bond donors (Lipinski definition) is 1. The molecule has 214 valence electrons. The summed E-state index contributed by atoms with van der Waals surface area (Å²) in [5.74, 6) is -1.03. The first-order chi connectivity index (χ1) is 18.0. The first kappa shape index (κ1) is 34.8. The summed E-state index contributed by atoms with van der Waals surface area (Å²) in [6.07, 6.45) is 0. The van der Waals surface area contributed by atoms with Gasteiger partial charge in [0.05, 0.1) is 99.1 Å². The molecule has 0 amide bonds. The molecule has 16 nitrogen and oxygen atoms in total. The van der Waals surface area contributed by atoms with Gasteiger partial charge in [0.2, 0.25) is 0 Å². The number of carboxylic acid groups (broad SMARTS) is 1. The second-order valence-corrected chi connectivity index (χ2v) is 7.77. The Kier molecular flexibility index (Phi) is 25.2. The molecule has 0 aliphatic carbocycles. The van der Waals surface area contributed by atoms with Crippen LogP contribution >= 0.6 is 0 Å². The normalized spacial score (nSPS) is 12.5. The number of ether oxygens (including phenoxy) is 8. The Labute approximate surface area is 216 Å². The molecule has 0 bridgehead atoms. The highest BCUT2D eigenvalue weighted by atomic mass is 16.6. The highest BCUT2D eigenvalue weighted by molar-refractivity contribution is 5.67. The van der Waals surface area contributed by atoms with Crippen LogP contribution in [0, 0.1) is 5.41 Å². The third kappa shape index (κ3) is 26.6. The van der Waals surface area contributed by atoms with Gasteiger partial charge in [-0.1, -0.05) is 17.2 Å². The van der Waals surface area contributed by atoms with Gasteiger partial charge in [-0.25, -0.2) is 4.79 Å². The van der Waals surface area contributed by atoms with E-state index in [-0.39, 0.29) is 32.9 Å². The molecular formula is C21H40N6O10. The average Bonchev–Trinajstić information content (AvgIpc) is 2.88. The van der Waals surface area contributed by atoms with E-state index in [1.165, 1.54) is 0 Å². The van der Waals surface area contributed by atoms with Crippen LogP contribution in [0.2, 0.25) is 0 Å². The summed E-state index contributed by atoms with van der Waals surface area (Å²) in [6, 6.07) is 0. The predicted molar refractivity (Wildman–Crippen MR) is 130 cm³/mol. The van der Waals surface area contributed by atoms with Crippen molar-refractivity contribution in [2.24, 2.45) is 15.6 Å². The van der Waals surface area contributed by atoms with Crippen molar-refractivity contribution in [3.05, 3.63) is 20.9 Å². The summed E-state index contributed by atoms with van der Waals surface area (Å²) in [5, 5.41) is 15.3. The highest BCUT2D eigenvalue weighted by Gasteiger charge is 2.26. The zero-order chi connectivity index (χ0) is 27.3. The zero-order valence-electron chi connectivity index (χ0n) is 21.5. The maximum atomic E-state index is 10.5. The van der Waals surface area contributed by atoms with Gasteiger partial charge in [-0.05, 0) is 11.1 Å². The van der Waals surface area contributed by atoms with Crippen molar-refractivity contribution < 1.29 is 47.8 Å². The van der Waals surface area contributed by atoms with Crippen molar-refractivity contribution in [3.8, 4) is 0 Å². The molecule has 0 aliphatic heterocycles. The summed E-state index contributed by atoms with van der Waals surface area (Å²) >= 11 is 0. The Balaban J connectivity index is 4.08. The summed E-state index contributed by atoms with van der Waals surface area (Å²) < 4.78 is 43.5. The number of azide groups is 2. The van der Waals surface area contributed by atoms with E-state index in [2.05, 4.69) is 20.1 Å². The molecule has 0 heterocycles. The lowest BCUT2D eigenvalue weighted by atomic mass is 9.94. The predicted octanol–water partition coefficient (Wildman–Crippen LogP) is 1.83. The summed E-state index contributed by atoms with van der Waals surface area (Å²) in [6.45, 7) is 7.43. The van der Waals surface area contributed by atoms with E-state index in [0.29, 0.717) is 85.9 Å². The minimum atomic E-state index is -1.03. The van der Waals surface area contributed by atoms with Gasteiger partial charge in [0.25, 0.3) is 0 Å². The maximum Gasteiger partial charge on any atom is 0.329 e. The minimum absolute atomic E-state index is 0.168. The molecule has 0 aromatic rings. The third-order valence-electron chi connectivity index (χ3n) is 4.23. The number of rotatable bonds is 29. The molecule has 0 radical (unpaired) electrons. The quantitative estimate of drug-likeness (QED) is 0.0634. The van der Waals surface area contributed by atoms with E-state index < -0.39 is 11.4 Å². The molecule has 0 spiro atoms. The maximum absolute atomic E-state index is 10.5. The van der Waals surface area contributed by atoms with E-state index in [4.69, 9.17) is 54.1 Å². The molecule has 0 saturated heterocycles. The number of hydrogen-bond acceptors (Lipinski definition) is 11. The molecule has 37 heavy (non-hydrogen) atoms. The van der Waals surface area contributed by atoms with E-state index in [0.717, 1.165) is 0 Å². The Morgan fingerprint density at radius 2 is 0.946 bits per heavy atom. The van der Waals surface area contributed by atoms with Crippen LogP contribution in [0.3, 0.4) is 0 Å². The molecule has 16 heteroatoms. The van der Waals surface area contributed by atoms with Gasteiger partial charge in [0, 0.05) is 28.3 Å². The van der Waals surface area contributed by atoms with Crippen LogP contribution < -0.4 is 0 Å². The number of carboxylic acids is 1. The second-order valence-electron chi connectivity index (χ2n) is 7.77. The lowest BCUT2D eigenvalue weighted by molar-refractivity contribution is -0.143. The molecule has 0 aromatic carbocycles. The van der Waals surface area contributed by atoms with Gasteiger partial charge in [-0.2, -0.15) is 0 Å². The standard InChI is InChI=1S/C21H40N6O10/c1-21(19-37-15-12-34-16-20(28)29,17-35-13-10-32-8-6-30-4-2-24-26-22)18-36-14-11-33-9-7-31-5-3-25-27-23/h2-19H2,1H3,(H,28,29). The van der Waals surface area contributed by atoms with Crippen LogP contribution in [0.5, 0.6) is 0 Å². The fraction of sp³-hybridized carbons (Fsp3) is 0.952. The van der Waals surface area contributed by atoms with Crippen molar-refractivity contribution in [3.63, 3.8) is 0 Å². The topological polar surface area (TPSA) is 209 Å². The van der Waals surface area contributed by atoms with Gasteiger partial charge in [-0.3, -0.25) is 0 Å². The van der Waals surface area contributed by atoms with Gasteiger partial charge in [0.15, 0.2) is 0 Å². The SMILES string of the molecule is CC(COCCOCCOCCN=[N+]=[N-])(COCCOCCOCCN=[N+]=[N-])COCCOCC(=O)O. The molecular weight excluding hydrogens is 496 g/mol. The monoisotopic (exact) mass is 536 g/mol. The lowest BCUT2D eigenvalue weighted by Crippen LogP contribution is -2.35. The molecule has 1 N–H and O–H groups in total. The van der Waals surface area contributed by atoms with E-state index in [9.17, 15) is 4.79 Å². The minimum Gasteiger partial charge on any atom is -0.480 e. The second kappa shape index (κ2) is 26.8. The summed E-state index contributed by atoms with van der Waals surface area (Å²) in [4.78, 5) is 15.8. The molecule has 0 fully saturated rings. The van der Waals surface area contributed by atoms with Crippen LogP contribution in [0.1, 0.15) is 6.92 Å². The molecule has 0 saturated carbocycles. The van der Waals surface area contributed by atoms with Gasteiger partial charge >= 0.3 is 5.97 Å². The first-order valence-corrected chi connectivity index (χ1v) is 11.9. The van der Waals surface area contributed by atoms with Gasteiger partial charge in [0.1, 0.15) is 6.61 Å². The Bertz CT molecular complexity index is 609. The van der Waals surface area contributed by atoms with Crippen molar-refractivity contribution in [2.45, 2.75) is 6.92 Å². The van der Waals surface area contributed by atoms with Gasteiger partial charge < -0.3 is 43.0 Å². The highest BCUT2D eigenvalue weighted by Crippen LogP contribution is 2.18. The first-order valence-electron chi connectivity index (χ1n) is 11.9. The Morgan fingerprint density at radius 3 is 1.30 bits per heavy atom. The van der Waals surface area contributed by atoms with Crippen LogP contribution in [-0.2, 0) is 42.7 Å². The fourth-order valence-corrected chi connectivity index (χ4v) is 2.54. The Hall–Kier alpha value is -2.23. The van der Waals surface area contributed by atoms with Gasteiger partial charge in [-0.15, -0.1) is 0 Å². The van der Waals surface area contributed by atoms with Crippen molar-refractivity contribution >= 4 is 5.97 Å². The average molecular weight is 537 g/mol. The fourth-order valence-electron chi connectivity index (χ4n) is 2.54. The van der Waals surface area contributed by atoms with E-state index in [1.54, 1.807) is 0 Å². The summed E-state index contributed by atoms with van der Waals surface area (Å²) in [5.41, 5.74) is 15.9. The summed E-state index contributed by atoms with van der Waals surface area (Å²) in [7, 11) is 0. The van der Waals surface area contributed by atoms with E-state index >= 15 is 0 Å². The lowest BCUT2D eigenvalue weighted by Gasteiger charge is -2.29. The van der Waals surface area contributed by atoms with Crippen LogP contribution in [0.4, 0.5) is 0 Å². The molecule has 0 aromatic heterocycles. The third-order valence-corrected chi connectivity index (χ3v) is 4.23. The van der Waals surface area contributed by atoms with Crippen LogP contribution in [0.25, 0.3) is 20.9 Å². The zero-order valence-corrected chi connectivity index (χ0v) is 21.5. The van der Waals surface area contributed by atoms with Crippen LogP contribution in [-0.4, -0.2) is 130 Å². The van der Waals surface area contributed by atoms with Crippen LogP contribution in [0.15, 0.2) is 10.2 Å². The molecule has 0 unspecified atom stereocenters. The molecule has 0 aliphatic rings. The van der Waals surface area contributed by atoms with Crippen molar-refractivity contribution in [1.82, 2.24) is 0 Å². The van der Waals surface area contributed by atoms with Crippen molar-refractivity contribution in [2.75, 3.05) is 119 Å². The van der Waals surface area contributed by atoms with E-state index in [1.807, 2.05) is 6.92 Å². The largest absolute Gasteiger partial charge is 0.480 e. The number of nitrogens with zero attached hydrogens (tertiary/aromatic N) is 6. The number of aliphatic carboxylic acids is 1. The molecule has 0 atom stereocenters. The smallest absolute Gasteiger partial charge is 0.329 e. The van der Waals surface area contributed by atoms with Crippen molar-refractivity contribution in [1.29, 1.82) is 0 Å².